The van der Waals surface area contributed by atoms with Crippen molar-refractivity contribution >= 4 is 41.6 Å². The van der Waals surface area contributed by atoms with Crippen molar-refractivity contribution in [3.05, 3.63) is 27.7 Å². The third kappa shape index (κ3) is 3.54. The molecule has 1 atom stereocenters. The molecular formula is C12H11BrClF2NO3S. The summed E-state index contributed by atoms with van der Waals surface area (Å²) in [6.45, 7) is 1.73. The molecule has 21 heavy (non-hydrogen) atoms. The van der Waals surface area contributed by atoms with Crippen LogP contribution in [0.5, 0.6) is 0 Å². The lowest BCUT2D eigenvalue weighted by Crippen LogP contribution is -2.35. The molecule has 1 fully saturated rings. The van der Waals surface area contributed by atoms with Gasteiger partial charge in [-0.1, -0.05) is 0 Å². The molecule has 9 heteroatoms. The highest BCUT2D eigenvalue weighted by Crippen LogP contribution is 2.34. The highest BCUT2D eigenvalue weighted by atomic mass is 79.9. The Morgan fingerprint density at radius 3 is 2.52 bits per heavy atom. The summed E-state index contributed by atoms with van der Waals surface area (Å²) in [7, 11) is 0.647. The van der Waals surface area contributed by atoms with Gasteiger partial charge < -0.3 is 5.32 Å². The molecule has 0 radical (unpaired) electrons. The fraction of sp³-hybridized carbons (Fsp3) is 0.417. The molecule has 1 amide bonds. The molecule has 1 aliphatic carbocycles. The number of hydrogen-bond donors (Lipinski definition) is 1. The predicted octanol–water partition coefficient (Wildman–Crippen LogP) is 3.18. The Hall–Kier alpha value is -0.730. The number of halogens is 4. The lowest BCUT2D eigenvalue weighted by Gasteiger charge is -2.15. The average molecular weight is 403 g/mol. The average Bonchev–Trinajstić information content (AvgIpc) is 3.08. The van der Waals surface area contributed by atoms with Crippen LogP contribution in [0.1, 0.15) is 30.1 Å². The first kappa shape index (κ1) is 16.6. The van der Waals surface area contributed by atoms with Gasteiger partial charge >= 0.3 is 0 Å². The van der Waals surface area contributed by atoms with Crippen molar-refractivity contribution in [1.82, 2.24) is 5.32 Å². The molecule has 1 unspecified atom stereocenters. The first-order valence-electron chi connectivity index (χ1n) is 6.06. The van der Waals surface area contributed by atoms with E-state index in [1.54, 1.807) is 6.92 Å². The van der Waals surface area contributed by atoms with Crippen molar-refractivity contribution in [1.29, 1.82) is 0 Å². The highest BCUT2D eigenvalue weighted by Gasteiger charge is 2.33. The third-order valence-corrected chi connectivity index (χ3v) is 5.52. The van der Waals surface area contributed by atoms with Gasteiger partial charge in [-0.15, -0.1) is 0 Å². The van der Waals surface area contributed by atoms with E-state index in [9.17, 15) is 22.0 Å². The predicted molar refractivity (Wildman–Crippen MR) is 76.7 cm³/mol. The van der Waals surface area contributed by atoms with Crippen molar-refractivity contribution in [3.63, 3.8) is 0 Å². The molecule has 1 aliphatic rings. The van der Waals surface area contributed by atoms with Crippen LogP contribution in [-0.2, 0) is 9.05 Å². The van der Waals surface area contributed by atoms with Crippen LogP contribution in [0.3, 0.4) is 0 Å². The molecule has 0 saturated heterocycles. The fourth-order valence-corrected chi connectivity index (χ4v) is 4.35. The summed E-state index contributed by atoms with van der Waals surface area (Å²) < 4.78 is 50.4. The van der Waals surface area contributed by atoms with Crippen molar-refractivity contribution in [3.8, 4) is 0 Å². The molecule has 116 valence electrons. The number of hydrogen-bond acceptors (Lipinski definition) is 3. The molecule has 1 N–H and O–H groups in total. The van der Waals surface area contributed by atoms with E-state index in [0.29, 0.717) is 6.07 Å². The Morgan fingerprint density at radius 2 is 2.05 bits per heavy atom. The normalized spacial score (nSPS) is 16.6. The molecular weight excluding hydrogens is 392 g/mol. The monoisotopic (exact) mass is 401 g/mol. The molecule has 0 spiro atoms. The van der Waals surface area contributed by atoms with E-state index in [1.807, 2.05) is 0 Å². The third-order valence-electron chi connectivity index (χ3n) is 3.29. The second kappa shape index (κ2) is 5.81. The van der Waals surface area contributed by atoms with E-state index in [4.69, 9.17) is 10.7 Å². The minimum Gasteiger partial charge on any atom is -0.349 e. The number of benzene rings is 1. The van der Waals surface area contributed by atoms with Crippen LogP contribution in [0.25, 0.3) is 0 Å². The van der Waals surface area contributed by atoms with Crippen molar-refractivity contribution in [2.45, 2.75) is 30.7 Å². The van der Waals surface area contributed by atoms with Gasteiger partial charge in [-0.05, 0) is 47.7 Å². The van der Waals surface area contributed by atoms with Crippen LogP contribution in [0, 0.1) is 17.6 Å². The molecule has 1 aromatic carbocycles. The van der Waals surface area contributed by atoms with E-state index in [1.165, 1.54) is 0 Å². The zero-order valence-electron chi connectivity index (χ0n) is 10.8. The first-order valence-corrected chi connectivity index (χ1v) is 9.16. The van der Waals surface area contributed by atoms with E-state index >= 15 is 0 Å². The van der Waals surface area contributed by atoms with Gasteiger partial charge in [0.2, 0.25) is 0 Å². The summed E-state index contributed by atoms with van der Waals surface area (Å²) in [6, 6.07) is 0.464. The smallest absolute Gasteiger partial charge is 0.265 e. The summed E-state index contributed by atoms with van der Waals surface area (Å²) in [5.41, 5.74) is -0.954. The van der Waals surface area contributed by atoms with Gasteiger partial charge in [0.1, 0.15) is 16.3 Å². The van der Waals surface area contributed by atoms with Crippen LogP contribution in [-0.4, -0.2) is 20.4 Å². The SMILES string of the molecule is CC(NC(=O)c1c(F)cc(Br)c(S(=O)(=O)Cl)c1F)C1CC1. The molecule has 0 bridgehead atoms. The Bertz CT molecular complexity index is 707. The minimum absolute atomic E-state index is 0.240. The number of rotatable bonds is 4. The zero-order chi connectivity index (χ0) is 15.9. The van der Waals surface area contributed by atoms with Gasteiger partial charge in [0.05, 0.1) is 0 Å². The second-order valence-electron chi connectivity index (χ2n) is 4.90. The molecule has 0 aromatic heterocycles. The molecule has 0 heterocycles. The number of carbonyl (C=O) groups excluding carboxylic acids is 1. The molecule has 0 aliphatic heterocycles. The lowest BCUT2D eigenvalue weighted by atomic mass is 10.1. The summed E-state index contributed by atoms with van der Waals surface area (Å²) in [5, 5.41) is 2.47. The molecule has 1 saturated carbocycles. The summed E-state index contributed by atoms with van der Waals surface area (Å²) in [6.07, 6.45) is 1.88. The summed E-state index contributed by atoms with van der Waals surface area (Å²) in [5.74, 6) is -3.38. The topological polar surface area (TPSA) is 63.2 Å². The van der Waals surface area contributed by atoms with Gasteiger partial charge in [0, 0.05) is 21.2 Å². The van der Waals surface area contributed by atoms with Gasteiger partial charge in [-0.2, -0.15) is 0 Å². The van der Waals surface area contributed by atoms with Crippen molar-refractivity contribution in [2.75, 3.05) is 0 Å². The van der Waals surface area contributed by atoms with E-state index in [2.05, 4.69) is 21.2 Å². The summed E-state index contributed by atoms with van der Waals surface area (Å²) >= 11 is 2.73. The maximum Gasteiger partial charge on any atom is 0.265 e. The Labute approximate surface area is 133 Å². The van der Waals surface area contributed by atoms with Crippen molar-refractivity contribution in [2.24, 2.45) is 5.92 Å². The zero-order valence-corrected chi connectivity index (χ0v) is 13.9. The van der Waals surface area contributed by atoms with Crippen LogP contribution in [0.4, 0.5) is 8.78 Å². The Balaban J connectivity index is 2.45. The van der Waals surface area contributed by atoms with Gasteiger partial charge in [-0.3, -0.25) is 4.79 Å². The van der Waals surface area contributed by atoms with E-state index in [-0.39, 0.29) is 16.4 Å². The van der Waals surface area contributed by atoms with Crippen LogP contribution in [0.15, 0.2) is 15.4 Å². The van der Waals surface area contributed by atoms with Gasteiger partial charge in [-0.25, -0.2) is 17.2 Å². The number of carbonyl (C=O) groups is 1. The van der Waals surface area contributed by atoms with Gasteiger partial charge in [0.15, 0.2) is 5.82 Å². The second-order valence-corrected chi connectivity index (χ2v) is 8.25. The molecule has 1 aromatic rings. The highest BCUT2D eigenvalue weighted by molar-refractivity contribution is 9.10. The standard InChI is InChI=1S/C12H11BrClF2NO3S/c1-5(6-2-3-6)17-12(18)9-8(15)4-7(13)11(10(9)16)21(14,19)20/h4-6H,2-3H2,1H3,(H,17,18). The van der Waals surface area contributed by atoms with Gasteiger partial charge in [0.25, 0.3) is 15.0 Å². The van der Waals surface area contributed by atoms with Crippen LogP contribution >= 0.6 is 26.6 Å². The Kier molecular flexibility index (Phi) is 4.60. The Morgan fingerprint density at radius 1 is 1.48 bits per heavy atom. The van der Waals surface area contributed by atoms with Crippen LogP contribution in [0.2, 0.25) is 0 Å². The minimum atomic E-state index is -4.47. The van der Waals surface area contributed by atoms with E-state index in [0.717, 1.165) is 12.8 Å². The molecule has 4 nitrogen and oxygen atoms in total. The number of nitrogens with one attached hydrogen (secondary N) is 1. The summed E-state index contributed by atoms with van der Waals surface area (Å²) in [4.78, 5) is 11.0. The van der Waals surface area contributed by atoms with E-state index < -0.39 is 37.1 Å². The molecule has 2 rings (SSSR count). The van der Waals surface area contributed by atoms with Crippen LogP contribution < -0.4 is 5.32 Å². The maximum atomic E-state index is 14.2. The quantitative estimate of drug-likeness (QED) is 0.787. The van der Waals surface area contributed by atoms with Crippen molar-refractivity contribution < 1.29 is 22.0 Å². The maximum absolute atomic E-state index is 14.2. The fourth-order valence-electron chi connectivity index (χ4n) is 2.00. The number of amides is 1. The largest absolute Gasteiger partial charge is 0.349 e. The first-order chi connectivity index (χ1) is 9.62. The lowest BCUT2D eigenvalue weighted by molar-refractivity contribution is 0.0926.